The molecule has 1 aliphatic rings. The van der Waals surface area contributed by atoms with E-state index in [1.807, 2.05) is 24.1 Å². The number of halogens is 1. The summed E-state index contributed by atoms with van der Waals surface area (Å²) >= 11 is 0. The summed E-state index contributed by atoms with van der Waals surface area (Å²) in [5, 5.41) is 12.3. The zero-order valence-electron chi connectivity index (χ0n) is 17.1. The van der Waals surface area contributed by atoms with Gasteiger partial charge in [-0.2, -0.15) is 5.26 Å². The van der Waals surface area contributed by atoms with Crippen molar-refractivity contribution in [3.8, 4) is 6.07 Å². The van der Waals surface area contributed by atoms with Gasteiger partial charge in [-0.05, 0) is 18.4 Å². The standard InChI is InChI=1S/C19H26N8O2.ClH/c1-13-4-9-26(16(28)3-6-20)11-15(13)25(2)17-14-5-10-27(18(14)24-12-23-17)19(29)22-8-7-21;/h5,10,12-13,15H,3-4,7-9,11,21H2,1-2H3,(H,22,29);1H/t13-,15+;/m1./s1. The lowest BCUT2D eigenvalue weighted by Gasteiger charge is -2.42. The number of fused-ring (bicyclic) bond motifs is 1. The molecule has 2 aromatic heterocycles. The molecule has 0 unspecified atom stereocenters. The van der Waals surface area contributed by atoms with Crippen LogP contribution in [0.3, 0.4) is 0 Å². The Bertz CT molecular complexity index is 940. The molecule has 2 aromatic rings. The van der Waals surface area contributed by atoms with Gasteiger partial charge in [-0.1, -0.05) is 6.92 Å². The monoisotopic (exact) mass is 434 g/mol. The Kier molecular flexibility index (Phi) is 7.97. The molecule has 0 aromatic carbocycles. The van der Waals surface area contributed by atoms with E-state index in [-0.39, 0.29) is 36.8 Å². The van der Waals surface area contributed by atoms with Crippen LogP contribution in [-0.4, -0.2) is 70.6 Å². The molecule has 3 rings (SSSR count). The third kappa shape index (κ3) is 4.63. The zero-order chi connectivity index (χ0) is 21.0. The van der Waals surface area contributed by atoms with Crippen molar-refractivity contribution in [3.63, 3.8) is 0 Å². The highest BCUT2D eigenvalue weighted by atomic mass is 35.5. The summed E-state index contributed by atoms with van der Waals surface area (Å²) in [7, 11) is 1.94. The Hall–Kier alpha value is -2.90. The van der Waals surface area contributed by atoms with Gasteiger partial charge in [0.15, 0.2) is 5.65 Å². The van der Waals surface area contributed by atoms with Crippen molar-refractivity contribution >= 4 is 41.2 Å². The maximum Gasteiger partial charge on any atom is 0.327 e. The minimum atomic E-state index is -0.294. The third-order valence-corrected chi connectivity index (χ3v) is 5.43. The minimum Gasteiger partial charge on any atom is -0.354 e. The van der Waals surface area contributed by atoms with Gasteiger partial charge in [-0.15, -0.1) is 12.4 Å². The molecule has 11 heteroatoms. The lowest BCUT2D eigenvalue weighted by atomic mass is 9.92. The summed E-state index contributed by atoms with van der Waals surface area (Å²) in [5.41, 5.74) is 5.96. The Balaban J connectivity index is 0.00000320. The van der Waals surface area contributed by atoms with E-state index in [1.54, 1.807) is 11.1 Å². The Morgan fingerprint density at radius 2 is 2.20 bits per heavy atom. The number of carbonyl (C=O) groups is 2. The van der Waals surface area contributed by atoms with Gasteiger partial charge in [0.1, 0.15) is 18.6 Å². The van der Waals surface area contributed by atoms with E-state index in [0.29, 0.717) is 43.6 Å². The average Bonchev–Trinajstić information content (AvgIpc) is 3.16. The molecule has 0 saturated carbocycles. The van der Waals surface area contributed by atoms with Crippen LogP contribution in [0.25, 0.3) is 11.0 Å². The normalized spacial score (nSPS) is 18.4. The number of carbonyl (C=O) groups excluding carboxylic acids is 2. The van der Waals surface area contributed by atoms with Crippen molar-refractivity contribution < 1.29 is 9.59 Å². The molecule has 1 aliphatic heterocycles. The smallest absolute Gasteiger partial charge is 0.327 e. The van der Waals surface area contributed by atoms with E-state index in [9.17, 15) is 9.59 Å². The van der Waals surface area contributed by atoms with Crippen LogP contribution < -0.4 is 16.0 Å². The van der Waals surface area contributed by atoms with Crippen LogP contribution in [0, 0.1) is 17.2 Å². The second-order valence-electron chi connectivity index (χ2n) is 7.26. The van der Waals surface area contributed by atoms with Crippen LogP contribution in [0.4, 0.5) is 10.6 Å². The summed E-state index contributed by atoms with van der Waals surface area (Å²) in [6.45, 7) is 4.07. The van der Waals surface area contributed by atoms with E-state index in [0.717, 1.165) is 11.8 Å². The topological polar surface area (TPSA) is 133 Å². The first-order chi connectivity index (χ1) is 14.0. The molecule has 10 nitrogen and oxygen atoms in total. The summed E-state index contributed by atoms with van der Waals surface area (Å²) in [4.78, 5) is 37.1. The number of likely N-dealkylation sites (N-methyl/N-ethyl adjacent to an activating group) is 1. The highest BCUT2D eigenvalue weighted by molar-refractivity contribution is 5.94. The number of nitrogens with zero attached hydrogens (tertiary/aromatic N) is 6. The zero-order valence-corrected chi connectivity index (χ0v) is 17.9. The largest absolute Gasteiger partial charge is 0.354 e. The molecule has 162 valence electrons. The molecule has 30 heavy (non-hydrogen) atoms. The van der Waals surface area contributed by atoms with Crippen LogP contribution in [0.1, 0.15) is 19.8 Å². The molecule has 0 aliphatic carbocycles. The summed E-state index contributed by atoms with van der Waals surface area (Å²) < 4.78 is 1.44. The Labute approximate surface area is 181 Å². The fraction of sp³-hybridized carbons (Fsp3) is 0.526. The second-order valence-corrected chi connectivity index (χ2v) is 7.26. The van der Waals surface area contributed by atoms with Crippen LogP contribution in [-0.2, 0) is 4.79 Å². The number of nitrogens with one attached hydrogen (secondary N) is 1. The van der Waals surface area contributed by atoms with Crippen molar-refractivity contribution in [2.45, 2.75) is 25.8 Å². The molecule has 2 atom stereocenters. The van der Waals surface area contributed by atoms with E-state index in [2.05, 4.69) is 22.2 Å². The molecule has 2 amide bonds. The maximum atomic E-state index is 12.3. The van der Waals surface area contributed by atoms with Crippen LogP contribution in [0.15, 0.2) is 18.6 Å². The number of anilines is 1. The van der Waals surface area contributed by atoms with Crippen LogP contribution in [0.5, 0.6) is 0 Å². The quantitative estimate of drug-likeness (QED) is 0.715. The van der Waals surface area contributed by atoms with Gasteiger partial charge in [0, 0.05) is 39.4 Å². The predicted molar refractivity (Wildman–Crippen MR) is 115 cm³/mol. The van der Waals surface area contributed by atoms with E-state index >= 15 is 0 Å². The predicted octanol–water partition coefficient (Wildman–Crippen LogP) is 0.956. The first-order valence-electron chi connectivity index (χ1n) is 9.65. The molecule has 1 saturated heterocycles. The third-order valence-electron chi connectivity index (χ3n) is 5.43. The highest BCUT2D eigenvalue weighted by Crippen LogP contribution is 2.29. The van der Waals surface area contributed by atoms with Crippen molar-refractivity contribution in [3.05, 3.63) is 18.6 Å². The second kappa shape index (κ2) is 10.2. The van der Waals surface area contributed by atoms with E-state index < -0.39 is 0 Å². The van der Waals surface area contributed by atoms with E-state index in [4.69, 9.17) is 11.0 Å². The van der Waals surface area contributed by atoms with Gasteiger partial charge in [-0.3, -0.25) is 9.36 Å². The number of nitrogens with two attached hydrogens (primary N) is 1. The summed E-state index contributed by atoms with van der Waals surface area (Å²) in [5.74, 6) is 0.895. The fourth-order valence-electron chi connectivity index (χ4n) is 3.76. The molecule has 0 bridgehead atoms. The molecule has 3 heterocycles. The summed E-state index contributed by atoms with van der Waals surface area (Å²) in [6, 6.07) is 3.49. The Morgan fingerprint density at radius 3 is 2.90 bits per heavy atom. The van der Waals surface area contributed by atoms with Gasteiger partial charge in [0.25, 0.3) is 0 Å². The van der Waals surface area contributed by atoms with Crippen molar-refractivity contribution in [2.75, 3.05) is 38.1 Å². The highest BCUT2D eigenvalue weighted by Gasteiger charge is 2.32. The van der Waals surface area contributed by atoms with Gasteiger partial charge in [0.2, 0.25) is 5.91 Å². The lowest BCUT2D eigenvalue weighted by molar-refractivity contribution is -0.131. The van der Waals surface area contributed by atoms with Gasteiger partial charge in [0.05, 0.1) is 17.5 Å². The molecule has 1 fully saturated rings. The number of aromatic nitrogens is 3. The maximum absolute atomic E-state index is 12.3. The Morgan fingerprint density at radius 1 is 1.43 bits per heavy atom. The van der Waals surface area contributed by atoms with Crippen molar-refractivity contribution in [1.29, 1.82) is 5.26 Å². The molecular formula is C19H27ClN8O2. The number of amides is 2. The SMILES string of the molecule is C[C@@H]1CCN(C(=O)CC#N)C[C@@H]1N(C)c1ncnc2c1ccn2C(=O)NCCN.Cl. The first kappa shape index (κ1) is 23.4. The minimum absolute atomic E-state index is 0. The molecular weight excluding hydrogens is 408 g/mol. The molecule has 3 N–H and O–H groups in total. The molecule has 0 radical (unpaired) electrons. The number of piperidine rings is 1. The first-order valence-corrected chi connectivity index (χ1v) is 9.65. The average molecular weight is 435 g/mol. The van der Waals surface area contributed by atoms with Gasteiger partial charge in [-0.25, -0.2) is 14.8 Å². The molecule has 0 spiro atoms. The number of rotatable bonds is 5. The van der Waals surface area contributed by atoms with Crippen LogP contribution in [0.2, 0.25) is 0 Å². The summed E-state index contributed by atoms with van der Waals surface area (Å²) in [6.07, 6.45) is 3.84. The number of likely N-dealkylation sites (tertiary alicyclic amines) is 1. The van der Waals surface area contributed by atoms with Crippen LogP contribution >= 0.6 is 12.4 Å². The number of nitriles is 1. The van der Waals surface area contributed by atoms with Gasteiger partial charge >= 0.3 is 6.03 Å². The number of hydrogen-bond donors (Lipinski definition) is 2. The lowest BCUT2D eigenvalue weighted by Crippen LogP contribution is -2.52. The fourth-order valence-corrected chi connectivity index (χ4v) is 3.76. The van der Waals surface area contributed by atoms with Crippen molar-refractivity contribution in [2.24, 2.45) is 11.7 Å². The number of hydrogen-bond acceptors (Lipinski definition) is 7. The van der Waals surface area contributed by atoms with Crippen molar-refractivity contribution in [1.82, 2.24) is 24.8 Å². The van der Waals surface area contributed by atoms with Gasteiger partial charge < -0.3 is 20.9 Å². The van der Waals surface area contributed by atoms with E-state index in [1.165, 1.54) is 10.9 Å².